The summed E-state index contributed by atoms with van der Waals surface area (Å²) in [5.74, 6) is -0.361. The van der Waals surface area contributed by atoms with Crippen LogP contribution in [0.15, 0.2) is 60.0 Å². The molecule has 0 amide bonds. The van der Waals surface area contributed by atoms with Crippen molar-refractivity contribution < 1.29 is 14.3 Å². The van der Waals surface area contributed by atoms with Crippen molar-refractivity contribution in [2.45, 2.75) is 12.5 Å². The quantitative estimate of drug-likeness (QED) is 0.625. The lowest BCUT2D eigenvalue weighted by Gasteiger charge is -2.14. The number of carbonyl (C=O) groups excluding carboxylic acids is 2. The Morgan fingerprint density at radius 1 is 1.04 bits per heavy atom. The van der Waals surface area contributed by atoms with Crippen molar-refractivity contribution in [3.63, 3.8) is 0 Å². The van der Waals surface area contributed by atoms with Crippen LogP contribution in [0, 0.1) is 0 Å². The molecule has 2 aliphatic rings. The molecule has 8 heteroatoms. The highest BCUT2D eigenvalue weighted by molar-refractivity contribution is 6.34. The van der Waals surface area contributed by atoms with Gasteiger partial charge in [-0.05, 0) is 18.2 Å². The number of benzene rings is 2. The standard InChI is InChI=1S/C20H11Cl2N3O3/c21-10-5-6-14(22)16(7-10)25-9-15(23-24-25)17-8-13-18(26)11-3-1-2-4-12(11)19(27)20(13)28-17/h1-7,9,17H,8H2. The number of carbonyl (C=O) groups is 2. The minimum absolute atomic E-state index is 0.101. The number of fused-ring (bicyclic) bond motifs is 1. The third-order valence-corrected chi connectivity index (χ3v) is 5.37. The van der Waals surface area contributed by atoms with Crippen LogP contribution in [0.25, 0.3) is 5.69 Å². The number of hydrogen-bond donors (Lipinski definition) is 0. The summed E-state index contributed by atoms with van der Waals surface area (Å²) in [5, 5.41) is 9.20. The lowest BCUT2D eigenvalue weighted by molar-refractivity contribution is 0.0834. The number of Topliss-reactive ketones (excluding diaryl/α,β-unsaturated/α-hetero) is 2. The average Bonchev–Trinajstić information content (AvgIpc) is 3.35. The predicted octanol–water partition coefficient (Wildman–Crippen LogP) is 4.37. The highest BCUT2D eigenvalue weighted by Gasteiger charge is 2.41. The highest BCUT2D eigenvalue weighted by atomic mass is 35.5. The highest BCUT2D eigenvalue weighted by Crippen LogP contribution is 2.41. The van der Waals surface area contributed by atoms with Gasteiger partial charge in [0, 0.05) is 22.6 Å². The van der Waals surface area contributed by atoms with Crippen molar-refractivity contribution in [3.8, 4) is 5.69 Å². The molecular weight excluding hydrogens is 401 g/mol. The van der Waals surface area contributed by atoms with E-state index in [4.69, 9.17) is 27.9 Å². The van der Waals surface area contributed by atoms with E-state index in [-0.39, 0.29) is 23.7 Å². The van der Waals surface area contributed by atoms with Crippen LogP contribution in [0.1, 0.15) is 38.9 Å². The first kappa shape index (κ1) is 17.2. The zero-order chi connectivity index (χ0) is 19.4. The third kappa shape index (κ3) is 2.57. The van der Waals surface area contributed by atoms with E-state index in [1.165, 1.54) is 4.68 Å². The summed E-state index contributed by atoms with van der Waals surface area (Å²) in [5.41, 5.74) is 2.22. The van der Waals surface area contributed by atoms with Gasteiger partial charge in [0.25, 0.3) is 0 Å². The summed E-state index contributed by atoms with van der Waals surface area (Å²) in [4.78, 5) is 25.5. The van der Waals surface area contributed by atoms with Gasteiger partial charge in [-0.1, -0.05) is 52.7 Å². The second-order valence-electron chi connectivity index (χ2n) is 6.51. The number of hydrogen-bond acceptors (Lipinski definition) is 5. The van der Waals surface area contributed by atoms with Crippen LogP contribution >= 0.6 is 23.2 Å². The molecule has 0 bridgehead atoms. The molecule has 0 fully saturated rings. The topological polar surface area (TPSA) is 74.1 Å². The summed E-state index contributed by atoms with van der Waals surface area (Å²) in [6.07, 6.45) is 1.35. The van der Waals surface area contributed by atoms with Gasteiger partial charge in [-0.25, -0.2) is 4.68 Å². The lowest BCUT2D eigenvalue weighted by atomic mass is 9.87. The molecule has 1 aliphatic carbocycles. The van der Waals surface area contributed by atoms with Crippen LogP contribution in [0.3, 0.4) is 0 Å². The minimum Gasteiger partial charge on any atom is -0.479 e. The number of aromatic nitrogens is 3. The molecule has 2 aromatic carbocycles. The molecule has 0 spiro atoms. The molecule has 0 saturated carbocycles. The Balaban J connectivity index is 1.46. The van der Waals surface area contributed by atoms with Gasteiger partial charge >= 0.3 is 0 Å². The molecule has 0 saturated heterocycles. The molecule has 1 aliphatic heterocycles. The van der Waals surface area contributed by atoms with Crippen molar-refractivity contribution in [3.05, 3.63) is 86.9 Å². The molecule has 0 N–H and O–H groups in total. The Hall–Kier alpha value is -2.96. The van der Waals surface area contributed by atoms with E-state index in [9.17, 15) is 9.59 Å². The van der Waals surface area contributed by atoms with E-state index in [2.05, 4.69) is 10.3 Å². The van der Waals surface area contributed by atoms with Gasteiger partial charge in [-0.2, -0.15) is 0 Å². The molecule has 5 rings (SSSR count). The molecule has 6 nitrogen and oxygen atoms in total. The zero-order valence-electron chi connectivity index (χ0n) is 14.2. The molecule has 2 heterocycles. The normalized spacial score (nSPS) is 18.1. The summed E-state index contributed by atoms with van der Waals surface area (Å²) >= 11 is 12.2. The van der Waals surface area contributed by atoms with Gasteiger partial charge in [0.1, 0.15) is 11.8 Å². The lowest BCUT2D eigenvalue weighted by Crippen LogP contribution is -2.19. The van der Waals surface area contributed by atoms with Gasteiger partial charge in [0.15, 0.2) is 11.5 Å². The fourth-order valence-electron chi connectivity index (χ4n) is 3.45. The fourth-order valence-corrected chi connectivity index (χ4v) is 3.82. The monoisotopic (exact) mass is 411 g/mol. The fraction of sp³-hybridized carbons (Fsp3) is 0.100. The number of nitrogens with zero attached hydrogens (tertiary/aromatic N) is 3. The number of halogens is 2. The first-order chi connectivity index (χ1) is 13.5. The molecule has 1 atom stereocenters. The van der Waals surface area contributed by atoms with E-state index in [0.29, 0.717) is 38.1 Å². The Morgan fingerprint density at radius 3 is 2.57 bits per heavy atom. The summed E-state index contributed by atoms with van der Waals surface area (Å²) in [6.45, 7) is 0. The summed E-state index contributed by atoms with van der Waals surface area (Å²) in [6, 6.07) is 11.8. The van der Waals surface area contributed by atoms with Crippen molar-refractivity contribution in [1.29, 1.82) is 0 Å². The van der Waals surface area contributed by atoms with E-state index < -0.39 is 6.10 Å². The van der Waals surface area contributed by atoms with Crippen molar-refractivity contribution in [1.82, 2.24) is 15.0 Å². The minimum atomic E-state index is -0.570. The first-order valence-electron chi connectivity index (χ1n) is 8.49. The van der Waals surface area contributed by atoms with Crippen LogP contribution in [0.2, 0.25) is 10.0 Å². The third-order valence-electron chi connectivity index (χ3n) is 4.82. The van der Waals surface area contributed by atoms with E-state index in [1.807, 2.05) is 0 Å². The maximum Gasteiger partial charge on any atom is 0.228 e. The molecule has 1 aromatic heterocycles. The van der Waals surface area contributed by atoms with Crippen LogP contribution in [-0.2, 0) is 4.74 Å². The number of allylic oxidation sites excluding steroid dienone is 1. The average molecular weight is 412 g/mol. The number of ether oxygens (including phenoxy) is 1. The van der Waals surface area contributed by atoms with E-state index in [0.717, 1.165) is 0 Å². The Bertz CT molecular complexity index is 1150. The summed E-state index contributed by atoms with van der Waals surface area (Å²) < 4.78 is 7.32. The van der Waals surface area contributed by atoms with Gasteiger partial charge < -0.3 is 4.74 Å². The predicted molar refractivity (Wildman–Crippen MR) is 102 cm³/mol. The van der Waals surface area contributed by atoms with E-state index >= 15 is 0 Å². The molecule has 0 radical (unpaired) electrons. The van der Waals surface area contributed by atoms with Gasteiger partial charge in [-0.3, -0.25) is 9.59 Å². The molecule has 28 heavy (non-hydrogen) atoms. The maximum absolute atomic E-state index is 12.8. The van der Waals surface area contributed by atoms with E-state index in [1.54, 1.807) is 48.7 Å². The van der Waals surface area contributed by atoms with Crippen LogP contribution in [-0.4, -0.2) is 26.6 Å². The Morgan fingerprint density at radius 2 is 1.79 bits per heavy atom. The van der Waals surface area contributed by atoms with Crippen molar-refractivity contribution in [2.75, 3.05) is 0 Å². The van der Waals surface area contributed by atoms with Crippen LogP contribution in [0.4, 0.5) is 0 Å². The zero-order valence-corrected chi connectivity index (χ0v) is 15.7. The molecule has 138 valence electrons. The van der Waals surface area contributed by atoms with Crippen molar-refractivity contribution in [2.24, 2.45) is 0 Å². The summed E-state index contributed by atoms with van der Waals surface area (Å²) in [7, 11) is 0. The second kappa shape index (κ2) is 6.29. The number of rotatable bonds is 2. The SMILES string of the molecule is O=C1C2=C(OC(c3cn(-c4cc(Cl)ccc4Cl)nn3)C2)C(=O)c2ccccc21. The smallest absolute Gasteiger partial charge is 0.228 e. The molecular formula is C20H11Cl2N3O3. The number of ketones is 2. The van der Waals surface area contributed by atoms with Crippen molar-refractivity contribution >= 4 is 34.8 Å². The second-order valence-corrected chi connectivity index (χ2v) is 7.35. The Kier molecular flexibility index (Phi) is 3.86. The van der Waals surface area contributed by atoms with Gasteiger partial charge in [-0.15, -0.1) is 5.10 Å². The molecule has 3 aromatic rings. The maximum atomic E-state index is 12.8. The largest absolute Gasteiger partial charge is 0.479 e. The van der Waals surface area contributed by atoms with Gasteiger partial charge in [0.2, 0.25) is 5.78 Å². The molecule has 1 unspecified atom stereocenters. The first-order valence-corrected chi connectivity index (χ1v) is 9.24. The Labute approximate surface area is 169 Å². The van der Waals surface area contributed by atoms with Crippen LogP contribution < -0.4 is 0 Å². The van der Waals surface area contributed by atoms with Crippen LogP contribution in [0.5, 0.6) is 0 Å². The van der Waals surface area contributed by atoms with Gasteiger partial charge in [0.05, 0.1) is 22.5 Å².